The number of anilines is 1. The van der Waals surface area contributed by atoms with Gasteiger partial charge >= 0.3 is 0 Å². The van der Waals surface area contributed by atoms with Crippen LogP contribution < -0.4 is 11.5 Å². The van der Waals surface area contributed by atoms with E-state index in [4.69, 9.17) is 23.1 Å². The quantitative estimate of drug-likeness (QED) is 0.652. The van der Waals surface area contributed by atoms with E-state index < -0.39 is 0 Å². The van der Waals surface area contributed by atoms with Crippen LogP contribution in [0.25, 0.3) is 0 Å². The van der Waals surface area contributed by atoms with Gasteiger partial charge in [-0.15, -0.1) is 0 Å². The molecule has 0 amide bonds. The Morgan fingerprint density at radius 1 is 1.33 bits per heavy atom. The van der Waals surface area contributed by atoms with Gasteiger partial charge in [-0.2, -0.15) is 0 Å². The Hall–Kier alpha value is -0.730. The van der Waals surface area contributed by atoms with Gasteiger partial charge in [0.15, 0.2) is 0 Å². The smallest absolute Gasteiger partial charge is 0.0638 e. The normalized spacial score (nSPS) is 19.2. The molecule has 0 aliphatic heterocycles. The average molecular weight is 183 g/mol. The second-order valence-corrected chi connectivity index (χ2v) is 3.80. The summed E-state index contributed by atoms with van der Waals surface area (Å²) in [6.45, 7) is 0. The third kappa shape index (κ3) is 1.17. The van der Waals surface area contributed by atoms with Crippen LogP contribution in [0.1, 0.15) is 18.4 Å². The Morgan fingerprint density at radius 2 is 2.00 bits per heavy atom. The molecule has 64 valence electrons. The minimum atomic E-state index is -0.114. The van der Waals surface area contributed by atoms with Crippen molar-refractivity contribution < 1.29 is 0 Å². The molecule has 0 heterocycles. The lowest BCUT2D eigenvalue weighted by Crippen LogP contribution is -2.18. The van der Waals surface area contributed by atoms with E-state index in [0.717, 1.165) is 18.4 Å². The molecule has 3 heteroatoms. The number of hydrogen-bond acceptors (Lipinski definition) is 2. The van der Waals surface area contributed by atoms with Crippen molar-refractivity contribution in [2.24, 2.45) is 5.73 Å². The van der Waals surface area contributed by atoms with Crippen LogP contribution in [-0.2, 0) is 5.54 Å². The van der Waals surface area contributed by atoms with Crippen molar-refractivity contribution in [1.29, 1.82) is 0 Å². The molecular weight excluding hydrogens is 172 g/mol. The van der Waals surface area contributed by atoms with E-state index in [9.17, 15) is 0 Å². The zero-order valence-corrected chi connectivity index (χ0v) is 7.43. The topological polar surface area (TPSA) is 52.0 Å². The maximum Gasteiger partial charge on any atom is 0.0638 e. The van der Waals surface area contributed by atoms with Crippen LogP contribution in [-0.4, -0.2) is 0 Å². The second-order valence-electron chi connectivity index (χ2n) is 3.39. The highest BCUT2D eigenvalue weighted by Crippen LogP contribution is 2.43. The number of halogens is 1. The Balaban J connectivity index is 2.41. The van der Waals surface area contributed by atoms with E-state index >= 15 is 0 Å². The van der Waals surface area contributed by atoms with Crippen LogP contribution >= 0.6 is 11.6 Å². The first-order valence-electron chi connectivity index (χ1n) is 3.96. The molecule has 0 aromatic heterocycles. The lowest BCUT2D eigenvalue weighted by Gasteiger charge is -2.09. The zero-order valence-electron chi connectivity index (χ0n) is 6.68. The average Bonchev–Trinajstić information content (AvgIpc) is 2.75. The molecule has 1 fully saturated rings. The largest absolute Gasteiger partial charge is 0.398 e. The summed E-state index contributed by atoms with van der Waals surface area (Å²) in [6.07, 6.45) is 2.10. The van der Waals surface area contributed by atoms with Crippen molar-refractivity contribution in [3.8, 4) is 0 Å². The van der Waals surface area contributed by atoms with Gasteiger partial charge in [-0.1, -0.05) is 17.7 Å². The summed E-state index contributed by atoms with van der Waals surface area (Å²) in [7, 11) is 0. The van der Waals surface area contributed by atoms with Crippen molar-refractivity contribution >= 4 is 17.3 Å². The molecule has 0 unspecified atom stereocenters. The highest BCUT2D eigenvalue weighted by molar-refractivity contribution is 6.33. The highest BCUT2D eigenvalue weighted by Gasteiger charge is 2.39. The number of hydrogen-bond donors (Lipinski definition) is 2. The van der Waals surface area contributed by atoms with Gasteiger partial charge in [-0.3, -0.25) is 0 Å². The molecule has 0 radical (unpaired) electrons. The van der Waals surface area contributed by atoms with Crippen LogP contribution in [0.5, 0.6) is 0 Å². The Bertz CT molecular complexity index is 318. The summed E-state index contributed by atoms with van der Waals surface area (Å²) >= 11 is 5.87. The minimum Gasteiger partial charge on any atom is -0.398 e. The predicted octanol–water partition coefficient (Wildman–Crippen LogP) is 1.87. The third-order valence-corrected chi connectivity index (χ3v) is 2.69. The fraction of sp³-hybridized carbons (Fsp3) is 0.333. The number of benzene rings is 1. The lowest BCUT2D eigenvalue weighted by molar-refractivity contribution is 0.740. The Morgan fingerprint density at radius 3 is 2.50 bits per heavy atom. The Kier molecular flexibility index (Phi) is 1.56. The summed E-state index contributed by atoms with van der Waals surface area (Å²) in [5.74, 6) is 0. The van der Waals surface area contributed by atoms with Crippen molar-refractivity contribution in [2.75, 3.05) is 5.73 Å². The lowest BCUT2D eigenvalue weighted by atomic mass is 10.1. The molecule has 4 N–H and O–H groups in total. The summed E-state index contributed by atoms with van der Waals surface area (Å²) < 4.78 is 0. The standard InChI is InChI=1S/C9H11ClN2/c10-7-5-6(1-2-8(7)11)9(12)3-4-9/h1-2,5H,3-4,11-12H2. The predicted molar refractivity (Wildman–Crippen MR) is 51.0 cm³/mol. The van der Waals surface area contributed by atoms with Crippen molar-refractivity contribution in [2.45, 2.75) is 18.4 Å². The van der Waals surface area contributed by atoms with Crippen LogP contribution in [0, 0.1) is 0 Å². The summed E-state index contributed by atoms with van der Waals surface area (Å²) in [5, 5.41) is 0.601. The van der Waals surface area contributed by atoms with E-state index in [0.29, 0.717) is 10.7 Å². The van der Waals surface area contributed by atoms with Gasteiger partial charge in [0.1, 0.15) is 0 Å². The molecule has 0 atom stereocenters. The third-order valence-electron chi connectivity index (χ3n) is 2.36. The van der Waals surface area contributed by atoms with Crippen LogP contribution in [0.15, 0.2) is 18.2 Å². The molecule has 12 heavy (non-hydrogen) atoms. The Labute approximate surface area is 76.5 Å². The first-order valence-corrected chi connectivity index (χ1v) is 4.34. The van der Waals surface area contributed by atoms with E-state index in [2.05, 4.69) is 0 Å². The summed E-state index contributed by atoms with van der Waals surface area (Å²) in [6, 6.07) is 5.63. The van der Waals surface area contributed by atoms with Crippen LogP contribution in [0.3, 0.4) is 0 Å². The van der Waals surface area contributed by atoms with Gasteiger partial charge in [0.05, 0.1) is 10.7 Å². The monoisotopic (exact) mass is 182 g/mol. The molecule has 0 spiro atoms. The number of nitrogens with two attached hydrogens (primary N) is 2. The van der Waals surface area contributed by atoms with Crippen molar-refractivity contribution in [3.63, 3.8) is 0 Å². The first-order chi connectivity index (χ1) is 5.62. The van der Waals surface area contributed by atoms with E-state index in [1.807, 2.05) is 18.2 Å². The van der Waals surface area contributed by atoms with Crippen LogP contribution in [0.4, 0.5) is 5.69 Å². The van der Waals surface area contributed by atoms with Gasteiger partial charge in [0, 0.05) is 5.54 Å². The molecule has 1 aromatic carbocycles. The van der Waals surface area contributed by atoms with Crippen molar-refractivity contribution in [1.82, 2.24) is 0 Å². The summed E-state index contributed by atoms with van der Waals surface area (Å²) in [5.41, 5.74) is 13.2. The molecule has 1 aromatic rings. The van der Waals surface area contributed by atoms with Gasteiger partial charge < -0.3 is 11.5 Å². The van der Waals surface area contributed by atoms with E-state index in [1.54, 1.807) is 0 Å². The van der Waals surface area contributed by atoms with Gasteiger partial charge in [-0.25, -0.2) is 0 Å². The first kappa shape index (κ1) is 7.90. The highest BCUT2D eigenvalue weighted by atomic mass is 35.5. The SMILES string of the molecule is Nc1ccc(C2(N)CC2)cc1Cl. The molecule has 1 aliphatic carbocycles. The molecule has 2 rings (SSSR count). The molecule has 1 aliphatic rings. The minimum absolute atomic E-state index is 0.114. The molecule has 1 saturated carbocycles. The molecular formula is C9H11ClN2. The second kappa shape index (κ2) is 2.38. The van der Waals surface area contributed by atoms with E-state index in [-0.39, 0.29) is 5.54 Å². The van der Waals surface area contributed by atoms with Gasteiger partial charge in [0.25, 0.3) is 0 Å². The molecule has 2 nitrogen and oxygen atoms in total. The number of nitrogen functional groups attached to an aromatic ring is 1. The maximum atomic E-state index is 5.99. The van der Waals surface area contributed by atoms with E-state index in [1.165, 1.54) is 0 Å². The fourth-order valence-electron chi connectivity index (χ4n) is 1.26. The number of rotatable bonds is 1. The maximum absolute atomic E-state index is 5.99. The molecule has 0 bridgehead atoms. The van der Waals surface area contributed by atoms with Gasteiger partial charge in [0.2, 0.25) is 0 Å². The van der Waals surface area contributed by atoms with Gasteiger partial charge in [-0.05, 0) is 30.5 Å². The zero-order chi connectivity index (χ0) is 8.77. The molecule has 0 saturated heterocycles. The van der Waals surface area contributed by atoms with Crippen LogP contribution in [0.2, 0.25) is 5.02 Å². The van der Waals surface area contributed by atoms with Crippen molar-refractivity contribution in [3.05, 3.63) is 28.8 Å². The summed E-state index contributed by atoms with van der Waals surface area (Å²) in [4.78, 5) is 0. The fourth-order valence-corrected chi connectivity index (χ4v) is 1.44.